The van der Waals surface area contributed by atoms with Gasteiger partial charge >= 0.3 is 0 Å². The van der Waals surface area contributed by atoms with Gasteiger partial charge in [-0.2, -0.15) is 0 Å². The molecule has 0 bridgehead atoms. The Morgan fingerprint density at radius 1 is 0.737 bits per heavy atom. The van der Waals surface area contributed by atoms with Crippen molar-refractivity contribution in [2.24, 2.45) is 0 Å². The van der Waals surface area contributed by atoms with Gasteiger partial charge in [-0.3, -0.25) is 0 Å². The molecule has 0 aliphatic rings. The predicted molar refractivity (Wildman–Crippen MR) is 66.3 cm³/mol. The first kappa shape index (κ1) is 16.0. The first-order chi connectivity index (χ1) is 8.80. The molecule has 0 amide bonds. The molecule has 0 radical (unpaired) electrons. The van der Waals surface area contributed by atoms with Crippen molar-refractivity contribution in [1.82, 2.24) is 0 Å². The molecular weight excluding hydrogens is 262 g/mol. The maximum atomic E-state index is 13.8. The summed E-state index contributed by atoms with van der Waals surface area (Å²) < 4.78 is 67.2. The summed E-state index contributed by atoms with van der Waals surface area (Å²) in [6.45, 7) is 3.61. The Hall–Kier alpha value is -1.07. The number of halogens is 5. The zero-order chi connectivity index (χ0) is 14.8. The van der Waals surface area contributed by atoms with Gasteiger partial charge in [-0.25, -0.2) is 22.0 Å². The minimum absolute atomic E-state index is 0.360. The van der Waals surface area contributed by atoms with Gasteiger partial charge in [0.15, 0.2) is 23.3 Å². The summed E-state index contributed by atoms with van der Waals surface area (Å²) in [7, 11) is 1.54. The molecule has 0 fully saturated rings. The van der Waals surface area contributed by atoms with Crippen LogP contribution in [0.15, 0.2) is 0 Å². The summed E-state index contributed by atoms with van der Waals surface area (Å²) in [5, 5.41) is -1.05. The Kier molecular flexibility index (Phi) is 4.99. The van der Waals surface area contributed by atoms with Crippen molar-refractivity contribution in [2.75, 3.05) is 0 Å². The van der Waals surface area contributed by atoms with Crippen molar-refractivity contribution < 1.29 is 22.0 Å². The highest BCUT2D eigenvalue weighted by atomic mass is 19.2. The predicted octanol–water partition coefficient (Wildman–Crippen LogP) is 3.81. The zero-order valence-electron chi connectivity index (χ0n) is 11.2. The maximum Gasteiger partial charge on any atom is 0.200 e. The number of hydrogen-bond donors (Lipinski definition) is 0. The van der Waals surface area contributed by atoms with E-state index in [0.29, 0.717) is 25.7 Å². The van der Waals surface area contributed by atoms with E-state index in [-0.39, 0.29) is 0 Å². The first-order valence-electron chi connectivity index (χ1n) is 6.32. The summed E-state index contributed by atoms with van der Waals surface area (Å²) in [5.41, 5.74) is -0.687. The maximum absolute atomic E-state index is 13.8. The molecule has 106 valence electrons. The van der Waals surface area contributed by atoms with Gasteiger partial charge in [-0.1, -0.05) is 39.5 Å². The molecular formula is C13H16BF5. The molecule has 19 heavy (non-hydrogen) atoms. The summed E-state index contributed by atoms with van der Waals surface area (Å²) in [6.07, 6.45) is 1.91. The lowest BCUT2D eigenvalue weighted by Crippen LogP contribution is -2.30. The summed E-state index contributed by atoms with van der Waals surface area (Å²) >= 11 is 0. The molecule has 0 saturated heterocycles. The second-order valence-electron chi connectivity index (χ2n) is 5.01. The van der Waals surface area contributed by atoms with Crippen molar-refractivity contribution in [1.29, 1.82) is 0 Å². The quantitative estimate of drug-likeness (QED) is 0.332. The van der Waals surface area contributed by atoms with Gasteiger partial charge in [-0.15, -0.1) is 0 Å². The second-order valence-corrected chi connectivity index (χ2v) is 5.01. The Morgan fingerprint density at radius 3 is 1.37 bits per heavy atom. The molecule has 1 aromatic rings. The Labute approximate surface area is 110 Å². The number of rotatable bonds is 5. The van der Waals surface area contributed by atoms with Crippen LogP contribution < -0.4 is 0 Å². The second kappa shape index (κ2) is 5.93. The van der Waals surface area contributed by atoms with Gasteiger partial charge < -0.3 is 0 Å². The largest absolute Gasteiger partial charge is 0.203 e. The van der Waals surface area contributed by atoms with Crippen molar-refractivity contribution in [2.45, 2.75) is 44.8 Å². The summed E-state index contributed by atoms with van der Waals surface area (Å²) in [6, 6.07) is 0. The van der Waals surface area contributed by atoms with Gasteiger partial charge in [0.25, 0.3) is 0 Å². The van der Waals surface area contributed by atoms with Crippen LogP contribution in [-0.4, -0.2) is 7.85 Å². The van der Waals surface area contributed by atoms with E-state index in [4.69, 9.17) is 0 Å². The molecule has 6 heteroatoms. The third kappa shape index (κ3) is 2.77. The third-order valence-electron chi connectivity index (χ3n) is 3.42. The fraction of sp³-hybridized carbons (Fsp3) is 0.538. The number of hydrogen-bond acceptors (Lipinski definition) is 0. The molecule has 0 aliphatic heterocycles. The van der Waals surface area contributed by atoms with Crippen molar-refractivity contribution in [3.05, 3.63) is 34.6 Å². The van der Waals surface area contributed by atoms with Crippen LogP contribution in [0.5, 0.6) is 0 Å². The smallest absolute Gasteiger partial charge is 0.200 e. The van der Waals surface area contributed by atoms with Gasteiger partial charge in [0.05, 0.1) is 0 Å². The zero-order valence-corrected chi connectivity index (χ0v) is 11.2. The SMILES string of the molecule is BC(CCC)(CCC)c1c(F)c(F)c(F)c(F)c1F. The summed E-state index contributed by atoms with van der Waals surface area (Å²) in [5.74, 6) is -9.25. The minimum atomic E-state index is -2.10. The van der Waals surface area contributed by atoms with Crippen LogP contribution in [0.25, 0.3) is 0 Å². The lowest BCUT2D eigenvalue weighted by atomic mass is 9.59. The Bertz CT molecular complexity index is 438. The third-order valence-corrected chi connectivity index (χ3v) is 3.42. The molecule has 0 heterocycles. The van der Waals surface area contributed by atoms with E-state index in [2.05, 4.69) is 0 Å². The lowest BCUT2D eigenvalue weighted by molar-refractivity contribution is 0.348. The lowest BCUT2D eigenvalue weighted by Gasteiger charge is -2.30. The molecule has 0 atom stereocenters. The average Bonchev–Trinajstić information content (AvgIpc) is 2.34. The van der Waals surface area contributed by atoms with Crippen LogP contribution in [0.4, 0.5) is 22.0 Å². The van der Waals surface area contributed by atoms with Crippen LogP contribution in [0.3, 0.4) is 0 Å². The highest BCUT2D eigenvalue weighted by molar-refractivity contribution is 6.16. The van der Waals surface area contributed by atoms with Gasteiger partial charge in [-0.05, 0) is 5.31 Å². The molecule has 0 saturated carbocycles. The van der Waals surface area contributed by atoms with Crippen LogP contribution in [0.2, 0.25) is 0 Å². The van der Waals surface area contributed by atoms with Crippen LogP contribution >= 0.6 is 0 Å². The monoisotopic (exact) mass is 278 g/mol. The molecule has 1 rings (SSSR count). The van der Waals surface area contributed by atoms with Gasteiger partial charge in [0, 0.05) is 5.56 Å². The molecule has 0 N–H and O–H groups in total. The van der Waals surface area contributed by atoms with Crippen LogP contribution in [0, 0.1) is 29.1 Å². The molecule has 0 aliphatic carbocycles. The van der Waals surface area contributed by atoms with Crippen molar-refractivity contribution >= 4 is 7.85 Å². The molecule has 0 spiro atoms. The van der Waals surface area contributed by atoms with Crippen LogP contribution in [0.1, 0.15) is 45.1 Å². The van der Waals surface area contributed by atoms with E-state index in [0.717, 1.165) is 0 Å². The van der Waals surface area contributed by atoms with Crippen molar-refractivity contribution in [3.8, 4) is 0 Å². The molecule has 0 aromatic heterocycles. The highest BCUT2D eigenvalue weighted by Gasteiger charge is 2.36. The molecule has 0 nitrogen and oxygen atoms in total. The van der Waals surface area contributed by atoms with E-state index in [9.17, 15) is 22.0 Å². The first-order valence-corrected chi connectivity index (χ1v) is 6.32. The Morgan fingerprint density at radius 2 is 1.05 bits per heavy atom. The minimum Gasteiger partial charge on any atom is -0.203 e. The van der Waals surface area contributed by atoms with E-state index >= 15 is 0 Å². The van der Waals surface area contributed by atoms with Gasteiger partial charge in [0.1, 0.15) is 7.85 Å². The highest BCUT2D eigenvalue weighted by Crippen LogP contribution is 2.37. The van der Waals surface area contributed by atoms with E-state index < -0.39 is 40.0 Å². The standard InChI is InChI=1S/C13H16BF5/c1-3-5-13(14,6-4-2)7-8(15)10(17)12(19)11(18)9(7)16/h3-6,14H2,1-2H3. The van der Waals surface area contributed by atoms with E-state index in [1.165, 1.54) is 7.85 Å². The number of benzene rings is 1. The summed E-state index contributed by atoms with van der Waals surface area (Å²) in [4.78, 5) is 0. The van der Waals surface area contributed by atoms with E-state index in [1.807, 2.05) is 0 Å². The fourth-order valence-electron chi connectivity index (χ4n) is 2.61. The topological polar surface area (TPSA) is 0 Å². The van der Waals surface area contributed by atoms with E-state index in [1.54, 1.807) is 13.8 Å². The Balaban J connectivity index is 3.55. The van der Waals surface area contributed by atoms with Gasteiger partial charge in [0.2, 0.25) is 5.82 Å². The van der Waals surface area contributed by atoms with Crippen LogP contribution in [-0.2, 0) is 5.31 Å². The fourth-order valence-corrected chi connectivity index (χ4v) is 2.61. The normalized spacial score (nSPS) is 11.9. The molecule has 1 aromatic carbocycles. The van der Waals surface area contributed by atoms with Crippen molar-refractivity contribution in [3.63, 3.8) is 0 Å². The molecule has 0 unspecified atom stereocenters. The average molecular weight is 278 g/mol.